The fraction of sp³-hybridized carbons (Fsp3) is 0.769. The zero-order valence-electron chi connectivity index (χ0n) is 12.3. The Labute approximate surface area is 119 Å². The molecule has 0 aromatic carbocycles. The minimum Gasteiger partial charge on any atom is -0.480 e. The van der Waals surface area contributed by atoms with Gasteiger partial charge in [-0.2, -0.15) is 0 Å². The number of carboxylic acid groups (broad SMARTS) is 1. The summed E-state index contributed by atoms with van der Waals surface area (Å²) in [6.07, 6.45) is 1.15. The van der Waals surface area contributed by atoms with Gasteiger partial charge in [-0.3, -0.25) is 4.79 Å². The van der Waals surface area contributed by atoms with Gasteiger partial charge in [0.15, 0.2) is 0 Å². The smallest absolute Gasteiger partial charge is 0.326 e. The van der Waals surface area contributed by atoms with Crippen LogP contribution < -0.4 is 0 Å². The number of likely N-dealkylation sites (N-methyl/N-ethyl adjacent to an activating group) is 2. The molecule has 0 radical (unpaired) electrons. The van der Waals surface area contributed by atoms with Crippen molar-refractivity contribution in [3.05, 3.63) is 0 Å². The summed E-state index contributed by atoms with van der Waals surface area (Å²) in [5, 5.41) is 9.07. The normalized spacial score (nSPS) is 17.9. The van der Waals surface area contributed by atoms with Crippen molar-refractivity contribution in [3.63, 3.8) is 0 Å². The molecule has 1 unspecified atom stereocenters. The van der Waals surface area contributed by atoms with Gasteiger partial charge < -0.3 is 19.8 Å². The molecular formula is C13H23N3O4. The third-order valence-electron chi connectivity index (χ3n) is 3.60. The van der Waals surface area contributed by atoms with E-state index in [0.717, 1.165) is 0 Å². The Morgan fingerprint density at radius 3 is 2.35 bits per heavy atom. The van der Waals surface area contributed by atoms with Crippen molar-refractivity contribution in [2.24, 2.45) is 0 Å². The van der Waals surface area contributed by atoms with Crippen molar-refractivity contribution >= 4 is 17.9 Å². The predicted octanol–water partition coefficient (Wildman–Crippen LogP) is 0.456. The molecule has 1 fully saturated rings. The third-order valence-corrected chi connectivity index (χ3v) is 3.60. The first-order valence-corrected chi connectivity index (χ1v) is 6.94. The van der Waals surface area contributed by atoms with Crippen LogP contribution in [-0.2, 0) is 9.59 Å². The van der Waals surface area contributed by atoms with Crippen LogP contribution in [0.4, 0.5) is 4.79 Å². The molecule has 0 aliphatic carbocycles. The average Bonchev–Trinajstić information content (AvgIpc) is 2.88. The van der Waals surface area contributed by atoms with Crippen molar-refractivity contribution in [1.82, 2.24) is 14.7 Å². The van der Waals surface area contributed by atoms with Gasteiger partial charge in [-0.25, -0.2) is 9.59 Å². The fourth-order valence-electron chi connectivity index (χ4n) is 2.42. The van der Waals surface area contributed by atoms with Crippen LogP contribution in [0.25, 0.3) is 0 Å². The quantitative estimate of drug-likeness (QED) is 0.795. The lowest BCUT2D eigenvalue weighted by atomic mass is 10.2. The summed E-state index contributed by atoms with van der Waals surface area (Å²) < 4.78 is 0. The molecule has 1 atom stereocenters. The van der Waals surface area contributed by atoms with E-state index >= 15 is 0 Å². The SMILES string of the molecule is CCN(CC)C(=O)CN(C)C(=O)N1CCCC1C(=O)O. The van der Waals surface area contributed by atoms with Crippen LogP contribution >= 0.6 is 0 Å². The molecule has 1 saturated heterocycles. The summed E-state index contributed by atoms with van der Waals surface area (Å²) in [5.41, 5.74) is 0. The summed E-state index contributed by atoms with van der Waals surface area (Å²) in [7, 11) is 1.53. The van der Waals surface area contributed by atoms with Gasteiger partial charge in [0.1, 0.15) is 12.6 Å². The molecule has 3 amide bonds. The van der Waals surface area contributed by atoms with Crippen LogP contribution in [0.5, 0.6) is 0 Å². The first-order valence-electron chi connectivity index (χ1n) is 6.94. The van der Waals surface area contributed by atoms with Crippen molar-refractivity contribution in [2.75, 3.05) is 33.2 Å². The second-order valence-electron chi connectivity index (χ2n) is 4.89. The average molecular weight is 285 g/mol. The zero-order chi connectivity index (χ0) is 15.3. The zero-order valence-corrected chi connectivity index (χ0v) is 12.3. The van der Waals surface area contributed by atoms with Gasteiger partial charge in [-0.05, 0) is 26.7 Å². The number of amides is 3. The van der Waals surface area contributed by atoms with E-state index in [4.69, 9.17) is 5.11 Å². The molecular weight excluding hydrogens is 262 g/mol. The number of rotatable bonds is 5. The summed E-state index contributed by atoms with van der Waals surface area (Å²) in [4.78, 5) is 39.5. The fourth-order valence-corrected chi connectivity index (χ4v) is 2.42. The van der Waals surface area contributed by atoms with E-state index in [2.05, 4.69) is 0 Å². The van der Waals surface area contributed by atoms with Gasteiger partial charge in [0, 0.05) is 26.7 Å². The molecule has 7 heteroatoms. The highest BCUT2D eigenvalue weighted by Crippen LogP contribution is 2.18. The summed E-state index contributed by atoms with van der Waals surface area (Å²) in [5.74, 6) is -1.11. The molecule has 1 aliphatic rings. The number of hydrogen-bond donors (Lipinski definition) is 1. The minimum absolute atomic E-state index is 0.0245. The molecule has 114 valence electrons. The molecule has 0 aromatic heterocycles. The molecule has 0 saturated carbocycles. The van der Waals surface area contributed by atoms with Crippen molar-refractivity contribution < 1.29 is 19.5 Å². The van der Waals surface area contributed by atoms with Gasteiger partial charge in [-0.15, -0.1) is 0 Å². The Bertz CT molecular complexity index is 382. The van der Waals surface area contributed by atoms with Crippen LogP contribution in [0.15, 0.2) is 0 Å². The van der Waals surface area contributed by atoms with E-state index in [1.807, 2.05) is 13.8 Å². The van der Waals surface area contributed by atoms with Crippen molar-refractivity contribution in [3.8, 4) is 0 Å². The molecule has 1 heterocycles. The van der Waals surface area contributed by atoms with Crippen LogP contribution in [0.2, 0.25) is 0 Å². The molecule has 1 rings (SSSR count). The monoisotopic (exact) mass is 285 g/mol. The number of urea groups is 1. The Morgan fingerprint density at radius 2 is 1.85 bits per heavy atom. The minimum atomic E-state index is -0.987. The van der Waals surface area contributed by atoms with Crippen LogP contribution in [-0.4, -0.2) is 77.0 Å². The number of hydrogen-bond acceptors (Lipinski definition) is 3. The number of likely N-dealkylation sites (tertiary alicyclic amines) is 1. The lowest BCUT2D eigenvalue weighted by Gasteiger charge is -2.29. The summed E-state index contributed by atoms with van der Waals surface area (Å²) in [6.45, 7) is 5.36. The highest BCUT2D eigenvalue weighted by Gasteiger charge is 2.35. The second kappa shape index (κ2) is 7.12. The Hall–Kier alpha value is -1.79. The molecule has 0 aromatic rings. The maximum absolute atomic E-state index is 12.2. The molecule has 7 nitrogen and oxygen atoms in total. The van der Waals surface area contributed by atoms with E-state index in [-0.39, 0.29) is 12.5 Å². The standard InChI is InChI=1S/C13H23N3O4/c1-4-15(5-2)11(17)9-14(3)13(20)16-8-6-7-10(16)12(18)19/h10H,4-9H2,1-3H3,(H,18,19). The van der Waals surface area contributed by atoms with Crippen molar-refractivity contribution in [1.29, 1.82) is 0 Å². The topological polar surface area (TPSA) is 81.2 Å². The number of carbonyl (C=O) groups excluding carboxylic acids is 2. The maximum Gasteiger partial charge on any atom is 0.326 e. The van der Waals surface area contributed by atoms with E-state index < -0.39 is 18.0 Å². The van der Waals surface area contributed by atoms with Gasteiger partial charge in [0.25, 0.3) is 0 Å². The van der Waals surface area contributed by atoms with E-state index in [0.29, 0.717) is 32.5 Å². The summed E-state index contributed by atoms with van der Waals surface area (Å²) in [6, 6.07) is -1.16. The van der Waals surface area contributed by atoms with Crippen LogP contribution in [0, 0.1) is 0 Å². The predicted molar refractivity (Wildman–Crippen MR) is 73.3 cm³/mol. The van der Waals surface area contributed by atoms with Gasteiger partial charge in [0.05, 0.1) is 0 Å². The van der Waals surface area contributed by atoms with E-state index in [9.17, 15) is 14.4 Å². The summed E-state index contributed by atoms with van der Waals surface area (Å²) >= 11 is 0. The molecule has 0 spiro atoms. The van der Waals surface area contributed by atoms with Gasteiger partial charge in [0.2, 0.25) is 5.91 Å². The molecule has 0 bridgehead atoms. The first-order chi connectivity index (χ1) is 9.42. The Kier molecular flexibility index (Phi) is 5.79. The third kappa shape index (κ3) is 3.61. The lowest BCUT2D eigenvalue weighted by molar-refractivity contribution is -0.141. The van der Waals surface area contributed by atoms with Gasteiger partial charge in [-0.1, -0.05) is 0 Å². The van der Waals surface area contributed by atoms with Crippen LogP contribution in [0.3, 0.4) is 0 Å². The Morgan fingerprint density at radius 1 is 1.25 bits per heavy atom. The highest BCUT2D eigenvalue weighted by molar-refractivity contribution is 5.87. The first kappa shape index (κ1) is 16.3. The van der Waals surface area contributed by atoms with E-state index in [1.54, 1.807) is 4.90 Å². The second-order valence-corrected chi connectivity index (χ2v) is 4.89. The van der Waals surface area contributed by atoms with Crippen LogP contribution in [0.1, 0.15) is 26.7 Å². The lowest BCUT2D eigenvalue weighted by Crippen LogP contribution is -2.49. The number of aliphatic carboxylic acids is 1. The maximum atomic E-state index is 12.2. The molecule has 20 heavy (non-hydrogen) atoms. The number of carboxylic acids is 1. The highest BCUT2D eigenvalue weighted by atomic mass is 16.4. The Balaban J connectivity index is 2.63. The van der Waals surface area contributed by atoms with E-state index in [1.165, 1.54) is 16.8 Å². The number of nitrogens with zero attached hydrogens (tertiary/aromatic N) is 3. The number of carbonyl (C=O) groups is 3. The van der Waals surface area contributed by atoms with Crippen molar-refractivity contribution in [2.45, 2.75) is 32.7 Å². The molecule has 1 aliphatic heterocycles. The van der Waals surface area contributed by atoms with Gasteiger partial charge >= 0.3 is 12.0 Å². The molecule has 1 N–H and O–H groups in total. The largest absolute Gasteiger partial charge is 0.480 e.